The summed E-state index contributed by atoms with van der Waals surface area (Å²) in [5.41, 5.74) is 0. The molecule has 112 valence electrons. The average Bonchev–Trinajstić information content (AvgIpc) is 2.94. The van der Waals surface area contributed by atoms with Crippen molar-refractivity contribution in [3.8, 4) is 0 Å². The van der Waals surface area contributed by atoms with E-state index in [4.69, 9.17) is 4.52 Å². The van der Waals surface area contributed by atoms with Crippen molar-refractivity contribution < 1.29 is 14.1 Å². The van der Waals surface area contributed by atoms with E-state index in [-0.39, 0.29) is 5.97 Å². The highest BCUT2D eigenvalue weighted by Gasteiger charge is 2.19. The van der Waals surface area contributed by atoms with Gasteiger partial charge in [-0.3, -0.25) is 9.69 Å². The van der Waals surface area contributed by atoms with E-state index in [0.717, 1.165) is 45.0 Å². The molecule has 2 rings (SSSR count). The van der Waals surface area contributed by atoms with Crippen LogP contribution < -0.4 is 0 Å². The Hall–Kier alpha value is -1.47. The van der Waals surface area contributed by atoms with Gasteiger partial charge in [0.15, 0.2) is 5.82 Å². The number of aromatic nitrogens is 2. The normalized spacial score (nSPS) is 17.3. The lowest BCUT2D eigenvalue weighted by molar-refractivity contribution is -0.141. The van der Waals surface area contributed by atoms with Crippen molar-refractivity contribution >= 4 is 5.97 Å². The number of methoxy groups -OCH3 is 1. The fraction of sp³-hybridized carbons (Fsp3) is 0.769. The molecule has 0 bridgehead atoms. The highest BCUT2D eigenvalue weighted by Crippen LogP contribution is 2.08. The Bertz CT molecular complexity index is 427. The van der Waals surface area contributed by atoms with Gasteiger partial charge in [0.25, 0.3) is 0 Å². The maximum atomic E-state index is 11.1. The number of carbonyl (C=O) groups excluding carboxylic acids is 1. The Morgan fingerprint density at radius 2 is 2.00 bits per heavy atom. The molecule has 0 N–H and O–H groups in total. The average molecular weight is 282 g/mol. The third-order valence-electron chi connectivity index (χ3n) is 3.51. The summed E-state index contributed by atoms with van der Waals surface area (Å²) in [6, 6.07) is 0. The van der Waals surface area contributed by atoms with E-state index in [2.05, 4.69) is 24.7 Å². The van der Waals surface area contributed by atoms with Gasteiger partial charge in [-0.05, 0) is 0 Å². The van der Waals surface area contributed by atoms with Crippen molar-refractivity contribution in [3.05, 3.63) is 11.7 Å². The van der Waals surface area contributed by atoms with E-state index in [9.17, 15) is 4.79 Å². The van der Waals surface area contributed by atoms with E-state index < -0.39 is 0 Å². The quantitative estimate of drug-likeness (QED) is 0.695. The Morgan fingerprint density at radius 3 is 2.60 bits per heavy atom. The van der Waals surface area contributed by atoms with E-state index in [1.807, 2.05) is 6.92 Å². The van der Waals surface area contributed by atoms with Crippen LogP contribution in [0.3, 0.4) is 0 Å². The Labute approximate surface area is 118 Å². The lowest BCUT2D eigenvalue weighted by atomic mass is 10.3. The Kier molecular flexibility index (Phi) is 5.49. The van der Waals surface area contributed by atoms with Crippen molar-refractivity contribution in [3.63, 3.8) is 0 Å². The van der Waals surface area contributed by atoms with Crippen LogP contribution in [0, 0.1) is 0 Å². The fourth-order valence-corrected chi connectivity index (χ4v) is 2.21. The number of hydrogen-bond donors (Lipinski definition) is 0. The molecular weight excluding hydrogens is 260 g/mol. The minimum Gasteiger partial charge on any atom is -0.469 e. The minimum atomic E-state index is -0.148. The summed E-state index contributed by atoms with van der Waals surface area (Å²) >= 11 is 0. The van der Waals surface area contributed by atoms with Crippen LogP contribution in [0.25, 0.3) is 0 Å². The van der Waals surface area contributed by atoms with E-state index in [1.165, 1.54) is 7.11 Å². The second-order valence-corrected chi connectivity index (χ2v) is 4.90. The molecule has 0 spiro atoms. The molecule has 20 heavy (non-hydrogen) atoms. The zero-order chi connectivity index (χ0) is 14.4. The van der Waals surface area contributed by atoms with Crippen LogP contribution in [0.15, 0.2) is 4.52 Å². The van der Waals surface area contributed by atoms with Crippen molar-refractivity contribution in [1.82, 2.24) is 19.9 Å². The topological polar surface area (TPSA) is 71.7 Å². The molecular formula is C13H22N4O3. The summed E-state index contributed by atoms with van der Waals surface area (Å²) in [7, 11) is 1.43. The van der Waals surface area contributed by atoms with Crippen LogP contribution in [0.2, 0.25) is 0 Å². The molecule has 0 aromatic carbocycles. The minimum absolute atomic E-state index is 0.148. The molecule has 1 aliphatic rings. The van der Waals surface area contributed by atoms with E-state index >= 15 is 0 Å². The lowest BCUT2D eigenvalue weighted by Gasteiger charge is -2.33. The summed E-state index contributed by atoms with van der Waals surface area (Å²) in [5, 5.41) is 3.90. The van der Waals surface area contributed by atoms with Crippen LogP contribution in [0.5, 0.6) is 0 Å². The predicted octanol–water partition coefficient (Wildman–Crippen LogP) is 0.313. The van der Waals surface area contributed by atoms with Crippen LogP contribution in [0.1, 0.15) is 25.1 Å². The largest absolute Gasteiger partial charge is 0.469 e. The molecule has 7 heteroatoms. The zero-order valence-electron chi connectivity index (χ0n) is 12.2. The molecule has 0 amide bonds. The van der Waals surface area contributed by atoms with Gasteiger partial charge >= 0.3 is 5.97 Å². The van der Waals surface area contributed by atoms with E-state index in [0.29, 0.717) is 18.9 Å². The van der Waals surface area contributed by atoms with Crippen molar-refractivity contribution in [1.29, 1.82) is 0 Å². The zero-order valence-corrected chi connectivity index (χ0v) is 12.2. The maximum absolute atomic E-state index is 11.1. The van der Waals surface area contributed by atoms with Crippen molar-refractivity contribution in [2.45, 2.75) is 26.3 Å². The predicted molar refractivity (Wildman–Crippen MR) is 72.0 cm³/mol. The second-order valence-electron chi connectivity index (χ2n) is 4.90. The van der Waals surface area contributed by atoms with Crippen molar-refractivity contribution in [2.24, 2.45) is 0 Å². The van der Waals surface area contributed by atoms with Gasteiger partial charge in [-0.25, -0.2) is 0 Å². The van der Waals surface area contributed by atoms with Crippen LogP contribution in [0.4, 0.5) is 0 Å². The first-order valence-corrected chi connectivity index (χ1v) is 7.04. The molecule has 1 aromatic heterocycles. The number of esters is 1. The van der Waals surface area contributed by atoms with Gasteiger partial charge in [-0.2, -0.15) is 4.98 Å². The van der Waals surface area contributed by atoms with Crippen LogP contribution in [-0.4, -0.2) is 65.7 Å². The summed E-state index contributed by atoms with van der Waals surface area (Å²) < 4.78 is 9.85. The molecule has 1 aromatic rings. The molecule has 1 saturated heterocycles. The number of carbonyl (C=O) groups is 1. The Balaban J connectivity index is 1.70. The van der Waals surface area contributed by atoms with E-state index in [1.54, 1.807) is 0 Å². The molecule has 0 saturated carbocycles. The number of nitrogens with zero attached hydrogens (tertiary/aromatic N) is 4. The summed E-state index contributed by atoms with van der Waals surface area (Å²) in [6.07, 6.45) is 1.25. The lowest BCUT2D eigenvalue weighted by Crippen LogP contribution is -2.46. The van der Waals surface area contributed by atoms with Gasteiger partial charge in [0, 0.05) is 39.1 Å². The molecule has 0 aliphatic carbocycles. The smallest absolute Gasteiger partial charge is 0.306 e. The summed E-state index contributed by atoms with van der Waals surface area (Å²) in [6.45, 7) is 7.28. The van der Waals surface area contributed by atoms with Gasteiger partial charge in [0.1, 0.15) is 0 Å². The molecule has 0 radical (unpaired) electrons. The monoisotopic (exact) mass is 282 g/mol. The van der Waals surface area contributed by atoms with Gasteiger partial charge in [0.05, 0.1) is 20.1 Å². The summed E-state index contributed by atoms with van der Waals surface area (Å²) in [4.78, 5) is 20.0. The second kappa shape index (κ2) is 7.35. The first-order chi connectivity index (χ1) is 9.71. The number of hydrogen-bond acceptors (Lipinski definition) is 7. The third-order valence-corrected chi connectivity index (χ3v) is 3.51. The highest BCUT2D eigenvalue weighted by atomic mass is 16.5. The van der Waals surface area contributed by atoms with Gasteiger partial charge in [-0.1, -0.05) is 12.1 Å². The van der Waals surface area contributed by atoms with Gasteiger partial charge < -0.3 is 14.2 Å². The maximum Gasteiger partial charge on any atom is 0.306 e. The highest BCUT2D eigenvalue weighted by molar-refractivity contribution is 5.69. The molecule has 1 fully saturated rings. The first kappa shape index (κ1) is 14.9. The standard InChI is InChI=1S/C13H22N4O3/c1-3-11-14-12(20-15-11)10-17-8-6-16(7-9-17)5-4-13(18)19-2/h3-10H2,1-2H3. The first-order valence-electron chi connectivity index (χ1n) is 7.04. The summed E-state index contributed by atoms with van der Waals surface area (Å²) in [5.74, 6) is 1.30. The number of aryl methyl sites for hydroxylation is 1. The van der Waals surface area contributed by atoms with Crippen LogP contribution in [-0.2, 0) is 22.5 Å². The molecule has 0 atom stereocenters. The molecule has 1 aliphatic heterocycles. The van der Waals surface area contributed by atoms with Gasteiger partial charge in [-0.15, -0.1) is 0 Å². The number of rotatable bonds is 6. The molecule has 2 heterocycles. The van der Waals surface area contributed by atoms with Crippen molar-refractivity contribution in [2.75, 3.05) is 39.8 Å². The Morgan fingerprint density at radius 1 is 1.30 bits per heavy atom. The number of piperazine rings is 1. The molecule has 0 unspecified atom stereocenters. The van der Waals surface area contributed by atoms with Gasteiger partial charge in [0.2, 0.25) is 5.89 Å². The van der Waals surface area contributed by atoms with Crippen LogP contribution >= 0.6 is 0 Å². The molecule has 7 nitrogen and oxygen atoms in total. The third kappa shape index (κ3) is 4.28. The SMILES string of the molecule is CCc1noc(CN2CCN(CCC(=O)OC)CC2)n1. The number of ether oxygens (including phenoxy) is 1. The fourth-order valence-electron chi connectivity index (χ4n) is 2.21.